The average Bonchev–Trinajstić information content (AvgIpc) is 2.65. The third-order valence-corrected chi connectivity index (χ3v) is 2.49. The second kappa shape index (κ2) is 3.36. The normalized spacial score (nSPS) is 16.7. The topological polar surface area (TPSA) is 28.1 Å². The van der Waals surface area contributed by atoms with Crippen molar-refractivity contribution < 1.29 is 0 Å². The smallest absolute Gasteiger partial charge is 0.226 e. The second-order valence-electron chi connectivity index (χ2n) is 3.21. The first kappa shape index (κ1) is 8.53. The van der Waals surface area contributed by atoms with E-state index in [2.05, 4.69) is 10.9 Å². The zero-order valence-electron chi connectivity index (χ0n) is 7.62. The monoisotopic (exact) mass is 180 g/mol. The van der Waals surface area contributed by atoms with Crippen LogP contribution in [-0.4, -0.2) is 0 Å². The summed E-state index contributed by atoms with van der Waals surface area (Å²) >= 11 is 0. The second-order valence-corrected chi connectivity index (χ2v) is 3.21. The van der Waals surface area contributed by atoms with E-state index in [0.29, 0.717) is 0 Å². The van der Waals surface area contributed by atoms with Crippen LogP contribution < -0.4 is 0 Å². The molecule has 0 aliphatic heterocycles. The van der Waals surface area contributed by atoms with Crippen LogP contribution in [0.3, 0.4) is 0 Å². The molecule has 2 rings (SSSR count). The Balaban J connectivity index is 2.62. The van der Waals surface area contributed by atoms with Crippen LogP contribution in [0, 0.1) is 17.9 Å². The van der Waals surface area contributed by atoms with Crippen LogP contribution >= 0.6 is 0 Å². The Morgan fingerprint density at radius 2 is 2.14 bits per heavy atom. The Hall–Kier alpha value is -2.06. The summed E-state index contributed by atoms with van der Waals surface area (Å²) in [5, 5.41) is 8.79. The molecule has 0 N–H and O–H groups in total. The van der Waals surface area contributed by atoms with Gasteiger partial charge in [0.05, 0.1) is 12.6 Å². The number of hydrogen-bond donors (Lipinski definition) is 0. The molecule has 1 aliphatic rings. The van der Waals surface area contributed by atoms with Gasteiger partial charge in [0.1, 0.15) is 0 Å². The molecule has 0 aromatic heterocycles. The summed E-state index contributed by atoms with van der Waals surface area (Å²) in [6.45, 7) is 6.91. The van der Waals surface area contributed by atoms with E-state index in [0.717, 1.165) is 24.0 Å². The highest BCUT2D eigenvalue weighted by molar-refractivity contribution is 5.78. The number of benzene rings is 1. The molecule has 1 aliphatic carbocycles. The van der Waals surface area contributed by atoms with E-state index in [1.54, 1.807) is 0 Å². The van der Waals surface area contributed by atoms with Crippen molar-refractivity contribution in [2.75, 3.05) is 0 Å². The molecule has 1 aromatic carbocycles. The Morgan fingerprint density at radius 3 is 2.86 bits per heavy atom. The van der Waals surface area contributed by atoms with Gasteiger partial charge < -0.3 is 0 Å². The first-order chi connectivity index (χ1) is 6.86. The molecule has 0 spiro atoms. The molecule has 66 valence electrons. The minimum atomic E-state index is 0.245. The lowest BCUT2D eigenvalue weighted by molar-refractivity contribution is 1.08. The number of nitrogens with zero attached hydrogens (tertiary/aromatic N) is 2. The van der Waals surface area contributed by atoms with Crippen LogP contribution in [0.2, 0.25) is 0 Å². The van der Waals surface area contributed by atoms with Gasteiger partial charge in [-0.1, -0.05) is 24.3 Å². The van der Waals surface area contributed by atoms with Crippen molar-refractivity contribution in [2.24, 2.45) is 0 Å². The molecule has 0 radical (unpaired) electrons. The highest BCUT2D eigenvalue weighted by Gasteiger charge is 2.18. The van der Waals surface area contributed by atoms with E-state index in [1.807, 2.05) is 24.3 Å². The van der Waals surface area contributed by atoms with Crippen LogP contribution in [0.1, 0.15) is 17.5 Å². The summed E-state index contributed by atoms with van der Waals surface area (Å²) in [5.41, 5.74) is 3.49. The molecule has 0 unspecified atom stereocenters. The number of fused-ring (bicyclic) bond motifs is 1. The van der Waals surface area contributed by atoms with Crippen molar-refractivity contribution in [3.63, 3.8) is 0 Å². The van der Waals surface area contributed by atoms with Gasteiger partial charge in [0.25, 0.3) is 5.70 Å². The minimum absolute atomic E-state index is 0.245. The first-order valence-corrected chi connectivity index (χ1v) is 4.46. The SMILES string of the molecule is [C-]#[N+]C(C#N)=C1CCc2ccccc21. The fraction of sp³-hybridized carbons (Fsp3) is 0.167. The molecular formula is C12H8N2. The number of rotatable bonds is 0. The quantitative estimate of drug-likeness (QED) is 0.445. The number of allylic oxidation sites excluding steroid dienone is 2. The zero-order valence-corrected chi connectivity index (χ0v) is 7.62. The summed E-state index contributed by atoms with van der Waals surface area (Å²) < 4.78 is 0. The van der Waals surface area contributed by atoms with E-state index in [1.165, 1.54) is 5.56 Å². The highest BCUT2D eigenvalue weighted by atomic mass is 14.7. The van der Waals surface area contributed by atoms with Gasteiger partial charge in [-0.3, -0.25) is 0 Å². The summed E-state index contributed by atoms with van der Waals surface area (Å²) in [6.07, 6.45) is 1.77. The highest BCUT2D eigenvalue weighted by Crippen LogP contribution is 2.34. The maximum absolute atomic E-state index is 8.79. The molecule has 0 fully saturated rings. The Bertz CT molecular complexity index is 468. The van der Waals surface area contributed by atoms with Gasteiger partial charge in [0.2, 0.25) is 0 Å². The summed E-state index contributed by atoms with van der Waals surface area (Å²) in [5.74, 6) is 0. The van der Waals surface area contributed by atoms with Crippen LogP contribution in [0.5, 0.6) is 0 Å². The minimum Gasteiger partial charge on any atom is -0.226 e. The molecule has 1 aromatic rings. The lowest BCUT2D eigenvalue weighted by atomic mass is 10.1. The number of nitriles is 1. The van der Waals surface area contributed by atoms with Gasteiger partial charge in [-0.15, -0.1) is 0 Å². The van der Waals surface area contributed by atoms with E-state index >= 15 is 0 Å². The van der Waals surface area contributed by atoms with Crippen molar-refractivity contribution in [1.29, 1.82) is 5.26 Å². The van der Waals surface area contributed by atoms with E-state index in [-0.39, 0.29) is 5.70 Å². The van der Waals surface area contributed by atoms with Crippen molar-refractivity contribution in [1.82, 2.24) is 0 Å². The molecule has 0 saturated heterocycles. The van der Waals surface area contributed by atoms with Gasteiger partial charge in [0, 0.05) is 0 Å². The van der Waals surface area contributed by atoms with Crippen LogP contribution in [-0.2, 0) is 6.42 Å². The molecule has 14 heavy (non-hydrogen) atoms. The van der Waals surface area contributed by atoms with E-state index in [9.17, 15) is 0 Å². The van der Waals surface area contributed by atoms with Gasteiger partial charge in [-0.05, 0) is 29.5 Å². The summed E-state index contributed by atoms with van der Waals surface area (Å²) in [7, 11) is 0. The molecule has 0 saturated carbocycles. The molecule has 0 amide bonds. The number of hydrogen-bond acceptors (Lipinski definition) is 1. The fourth-order valence-corrected chi connectivity index (χ4v) is 1.83. The fourth-order valence-electron chi connectivity index (χ4n) is 1.83. The van der Waals surface area contributed by atoms with Gasteiger partial charge in [-0.25, -0.2) is 10.1 Å². The van der Waals surface area contributed by atoms with E-state index in [4.69, 9.17) is 11.8 Å². The number of aryl methyl sites for hydroxylation is 1. The van der Waals surface area contributed by atoms with Gasteiger partial charge in [0.15, 0.2) is 0 Å². The molecule has 2 heteroatoms. The van der Waals surface area contributed by atoms with Gasteiger partial charge in [-0.2, -0.15) is 0 Å². The Kier molecular flexibility index (Phi) is 2.05. The van der Waals surface area contributed by atoms with Gasteiger partial charge >= 0.3 is 0 Å². The predicted molar refractivity (Wildman–Crippen MR) is 53.9 cm³/mol. The van der Waals surface area contributed by atoms with Crippen LogP contribution in [0.4, 0.5) is 0 Å². The maximum atomic E-state index is 8.79. The molecule has 0 heterocycles. The lowest BCUT2D eigenvalue weighted by Gasteiger charge is -1.99. The third kappa shape index (κ3) is 1.18. The zero-order chi connectivity index (χ0) is 9.97. The largest absolute Gasteiger partial charge is 0.265 e. The Morgan fingerprint density at radius 1 is 1.36 bits per heavy atom. The predicted octanol–water partition coefficient (Wildman–Crippen LogP) is 2.79. The standard InChI is InChI=1S/C12H8N2/c1-14-12(8-13)11-7-6-9-4-2-3-5-10(9)11/h2-5H,6-7H2. The third-order valence-electron chi connectivity index (χ3n) is 2.49. The molecule has 2 nitrogen and oxygen atoms in total. The lowest BCUT2D eigenvalue weighted by Crippen LogP contribution is -1.81. The summed E-state index contributed by atoms with van der Waals surface area (Å²) in [6, 6.07) is 9.94. The van der Waals surface area contributed by atoms with Crippen LogP contribution in [0.25, 0.3) is 10.4 Å². The summed E-state index contributed by atoms with van der Waals surface area (Å²) in [4.78, 5) is 3.26. The van der Waals surface area contributed by atoms with Crippen molar-refractivity contribution in [3.8, 4) is 6.07 Å². The van der Waals surface area contributed by atoms with E-state index < -0.39 is 0 Å². The Labute approximate surface area is 82.9 Å². The molecule has 0 atom stereocenters. The molecular weight excluding hydrogens is 172 g/mol. The van der Waals surface area contributed by atoms with Crippen LogP contribution in [0.15, 0.2) is 30.0 Å². The first-order valence-electron chi connectivity index (χ1n) is 4.46. The average molecular weight is 180 g/mol. The molecule has 0 bridgehead atoms. The maximum Gasteiger partial charge on any atom is 0.265 e. The van der Waals surface area contributed by atoms with Crippen molar-refractivity contribution >= 4 is 5.57 Å². The van der Waals surface area contributed by atoms with Crippen molar-refractivity contribution in [3.05, 3.63) is 52.5 Å². The van der Waals surface area contributed by atoms with Crippen molar-refractivity contribution in [2.45, 2.75) is 12.8 Å².